The van der Waals surface area contributed by atoms with Gasteiger partial charge < -0.3 is 10.0 Å². The Bertz CT molecular complexity index is 928. The molecule has 1 aliphatic heterocycles. The molecule has 4 rings (SSSR count). The van der Waals surface area contributed by atoms with Crippen LogP contribution in [0.2, 0.25) is 0 Å². The molecule has 11 heteroatoms. The van der Waals surface area contributed by atoms with Crippen molar-refractivity contribution in [1.29, 1.82) is 0 Å². The Kier molecular flexibility index (Phi) is 4.22. The zero-order chi connectivity index (χ0) is 19.0. The molecule has 1 atom stereocenters. The average Bonchev–Trinajstić information content (AvgIpc) is 3.32. The van der Waals surface area contributed by atoms with Crippen molar-refractivity contribution in [3.8, 4) is 22.9 Å². The van der Waals surface area contributed by atoms with Gasteiger partial charge in [0.2, 0.25) is 11.6 Å². The van der Waals surface area contributed by atoms with Crippen molar-refractivity contribution >= 4 is 5.82 Å². The van der Waals surface area contributed by atoms with E-state index in [1.165, 1.54) is 12.1 Å². The Labute approximate surface area is 151 Å². The van der Waals surface area contributed by atoms with Crippen molar-refractivity contribution in [1.82, 2.24) is 30.6 Å². The highest BCUT2D eigenvalue weighted by Crippen LogP contribution is 2.32. The van der Waals surface area contributed by atoms with Crippen molar-refractivity contribution in [3.63, 3.8) is 0 Å². The van der Waals surface area contributed by atoms with Crippen LogP contribution in [0.15, 0.2) is 30.3 Å². The minimum Gasteiger partial charge on any atom is -0.391 e. The Hall–Kier alpha value is -3.08. The molecular weight excluding hydrogens is 363 g/mol. The second kappa shape index (κ2) is 6.58. The van der Waals surface area contributed by atoms with Crippen LogP contribution in [0.5, 0.6) is 0 Å². The summed E-state index contributed by atoms with van der Waals surface area (Å²) in [6, 6.07) is 6.39. The van der Waals surface area contributed by atoms with Crippen LogP contribution < -0.4 is 4.90 Å². The predicted octanol–water partition coefficient (Wildman–Crippen LogP) is 1.91. The number of nitrogens with zero attached hydrogens (tertiary/aromatic N) is 6. The number of benzene rings is 1. The number of aliphatic hydroxyl groups excluding tert-OH is 1. The van der Waals surface area contributed by atoms with E-state index in [1.54, 1.807) is 6.07 Å². The van der Waals surface area contributed by atoms with Crippen LogP contribution in [0.25, 0.3) is 22.9 Å². The van der Waals surface area contributed by atoms with Crippen LogP contribution in [0.3, 0.4) is 0 Å². The lowest BCUT2D eigenvalue weighted by Crippen LogP contribution is -2.22. The fourth-order valence-electron chi connectivity index (χ4n) is 2.88. The van der Waals surface area contributed by atoms with Gasteiger partial charge in [0.1, 0.15) is 5.82 Å². The second-order valence-electron chi connectivity index (χ2n) is 6.13. The molecule has 3 heterocycles. The number of tetrazole rings is 1. The molecule has 2 aromatic heterocycles. The summed E-state index contributed by atoms with van der Waals surface area (Å²) in [4.78, 5) is 10.7. The number of H-pyrrole nitrogens is 1. The van der Waals surface area contributed by atoms with Gasteiger partial charge in [0, 0.05) is 24.7 Å². The molecule has 1 unspecified atom stereocenters. The Balaban J connectivity index is 1.76. The molecule has 27 heavy (non-hydrogen) atoms. The van der Waals surface area contributed by atoms with E-state index >= 15 is 0 Å². The predicted molar refractivity (Wildman–Crippen MR) is 88.5 cm³/mol. The smallest absolute Gasteiger partial charge is 0.391 e. The van der Waals surface area contributed by atoms with E-state index in [0.717, 1.165) is 12.1 Å². The molecule has 1 saturated heterocycles. The summed E-state index contributed by atoms with van der Waals surface area (Å²) in [5.41, 5.74) is 0.188. The first kappa shape index (κ1) is 17.3. The van der Waals surface area contributed by atoms with Gasteiger partial charge in [-0.3, -0.25) is 0 Å². The maximum atomic E-state index is 12.8. The fraction of sp³-hybridized carbons (Fsp3) is 0.312. The third kappa shape index (κ3) is 3.58. The fourth-order valence-corrected chi connectivity index (χ4v) is 2.88. The van der Waals surface area contributed by atoms with Crippen LogP contribution >= 0.6 is 0 Å². The number of anilines is 1. The number of hydrogen-bond donors (Lipinski definition) is 2. The molecule has 140 valence electrons. The van der Waals surface area contributed by atoms with Crippen molar-refractivity contribution in [2.45, 2.75) is 18.7 Å². The van der Waals surface area contributed by atoms with Gasteiger partial charge in [-0.25, -0.2) is 9.97 Å². The van der Waals surface area contributed by atoms with Crippen LogP contribution in [0.4, 0.5) is 19.0 Å². The molecule has 3 aromatic rings. The molecular formula is C16H14F3N7O. The lowest BCUT2D eigenvalue weighted by atomic mass is 10.1. The van der Waals surface area contributed by atoms with Gasteiger partial charge in [-0.15, -0.1) is 10.2 Å². The van der Waals surface area contributed by atoms with E-state index in [4.69, 9.17) is 0 Å². The summed E-state index contributed by atoms with van der Waals surface area (Å²) in [6.07, 6.45) is -4.25. The highest BCUT2D eigenvalue weighted by atomic mass is 19.4. The van der Waals surface area contributed by atoms with E-state index in [-0.39, 0.29) is 11.6 Å². The zero-order valence-electron chi connectivity index (χ0n) is 13.8. The number of alkyl halides is 3. The lowest BCUT2D eigenvalue weighted by Gasteiger charge is -2.18. The molecule has 2 N–H and O–H groups in total. The molecule has 1 aliphatic rings. The summed E-state index contributed by atoms with van der Waals surface area (Å²) in [5.74, 6) is 0.901. The molecule has 0 radical (unpaired) electrons. The zero-order valence-corrected chi connectivity index (χ0v) is 13.8. The standard InChI is InChI=1S/C16H14F3N7O/c17-16(18,19)10-3-1-9(2-4-10)12-7-13(26-6-5-11(27)8-26)21-14(20-12)15-22-24-25-23-15/h1-4,7,11,27H,5-6,8H2,(H,22,23,24,25). The minimum atomic E-state index is -4.41. The van der Waals surface area contributed by atoms with E-state index in [2.05, 4.69) is 30.6 Å². The number of aliphatic hydroxyl groups is 1. The number of β-amino-alcohol motifs (C(OH)–C–C–N with tert-alkyl or cyclic N) is 1. The topological polar surface area (TPSA) is 104 Å². The number of hydrogen-bond acceptors (Lipinski definition) is 7. The van der Waals surface area contributed by atoms with E-state index in [1.807, 2.05) is 4.90 Å². The molecule has 0 bridgehead atoms. The number of halogens is 3. The maximum Gasteiger partial charge on any atom is 0.416 e. The highest BCUT2D eigenvalue weighted by Gasteiger charge is 2.30. The van der Waals surface area contributed by atoms with Crippen molar-refractivity contribution in [3.05, 3.63) is 35.9 Å². The Morgan fingerprint density at radius 3 is 2.48 bits per heavy atom. The third-order valence-corrected chi connectivity index (χ3v) is 4.25. The van der Waals surface area contributed by atoms with Crippen LogP contribution in [0.1, 0.15) is 12.0 Å². The molecule has 0 saturated carbocycles. The summed E-state index contributed by atoms with van der Waals surface area (Å²) >= 11 is 0. The molecule has 0 amide bonds. The van der Waals surface area contributed by atoms with Crippen LogP contribution in [-0.4, -0.2) is 54.9 Å². The summed E-state index contributed by atoms with van der Waals surface area (Å²) < 4.78 is 38.4. The van der Waals surface area contributed by atoms with Gasteiger partial charge in [0.15, 0.2) is 0 Å². The number of aromatic nitrogens is 6. The number of aromatic amines is 1. The Morgan fingerprint density at radius 2 is 1.89 bits per heavy atom. The lowest BCUT2D eigenvalue weighted by molar-refractivity contribution is -0.137. The minimum absolute atomic E-state index is 0.171. The van der Waals surface area contributed by atoms with Gasteiger partial charge in [-0.2, -0.15) is 18.4 Å². The first-order valence-corrected chi connectivity index (χ1v) is 8.14. The van der Waals surface area contributed by atoms with Crippen molar-refractivity contribution in [2.75, 3.05) is 18.0 Å². The SMILES string of the molecule is OC1CCN(c2cc(-c3ccc(C(F)(F)F)cc3)nc(-c3nn[nH]n3)n2)C1. The monoisotopic (exact) mass is 377 g/mol. The van der Waals surface area contributed by atoms with Crippen LogP contribution in [0, 0.1) is 0 Å². The summed E-state index contributed by atoms with van der Waals surface area (Å²) in [7, 11) is 0. The van der Waals surface area contributed by atoms with Gasteiger partial charge in [0.25, 0.3) is 0 Å². The number of rotatable bonds is 3. The first-order valence-electron chi connectivity index (χ1n) is 8.14. The van der Waals surface area contributed by atoms with Gasteiger partial charge in [-0.05, 0) is 23.8 Å². The normalized spacial score (nSPS) is 17.5. The molecule has 8 nitrogen and oxygen atoms in total. The van der Waals surface area contributed by atoms with Crippen LogP contribution in [-0.2, 0) is 6.18 Å². The average molecular weight is 377 g/mol. The Morgan fingerprint density at radius 1 is 1.11 bits per heavy atom. The second-order valence-corrected chi connectivity index (χ2v) is 6.13. The highest BCUT2D eigenvalue weighted by molar-refractivity contribution is 5.66. The summed E-state index contributed by atoms with van der Waals surface area (Å²) in [6.45, 7) is 1.02. The van der Waals surface area contributed by atoms with Crippen molar-refractivity contribution < 1.29 is 18.3 Å². The van der Waals surface area contributed by atoms with E-state index in [9.17, 15) is 18.3 Å². The quantitative estimate of drug-likeness (QED) is 0.719. The number of nitrogens with one attached hydrogen (secondary N) is 1. The van der Waals surface area contributed by atoms with E-state index < -0.39 is 17.8 Å². The molecule has 0 aliphatic carbocycles. The largest absolute Gasteiger partial charge is 0.416 e. The van der Waals surface area contributed by atoms with Gasteiger partial charge in [-0.1, -0.05) is 12.1 Å². The van der Waals surface area contributed by atoms with Gasteiger partial charge >= 0.3 is 6.18 Å². The molecule has 1 aromatic carbocycles. The summed E-state index contributed by atoms with van der Waals surface area (Å²) in [5, 5.41) is 23.3. The van der Waals surface area contributed by atoms with Crippen molar-refractivity contribution in [2.24, 2.45) is 0 Å². The third-order valence-electron chi connectivity index (χ3n) is 4.25. The molecule has 1 fully saturated rings. The first-order chi connectivity index (χ1) is 12.9. The van der Waals surface area contributed by atoms with Gasteiger partial charge in [0.05, 0.1) is 17.4 Å². The molecule has 0 spiro atoms. The maximum absolute atomic E-state index is 12.8. The van der Waals surface area contributed by atoms with E-state index in [0.29, 0.717) is 36.6 Å².